The minimum atomic E-state index is 0.137. The van der Waals surface area contributed by atoms with Crippen LogP contribution in [0.2, 0.25) is 0 Å². The minimum absolute atomic E-state index is 0.137. The second kappa shape index (κ2) is 4.06. The van der Waals surface area contributed by atoms with E-state index in [1.165, 1.54) is 0 Å². The zero-order valence-electron chi connectivity index (χ0n) is 8.08. The number of nitrogens with zero attached hydrogens (tertiary/aromatic N) is 1. The Balaban J connectivity index is 2.55. The lowest BCUT2D eigenvalue weighted by molar-refractivity contribution is 0.0827. The molecule has 1 rings (SSSR count). The highest BCUT2D eigenvalue weighted by Crippen LogP contribution is 2.32. The summed E-state index contributed by atoms with van der Waals surface area (Å²) in [7, 11) is 4.13. The van der Waals surface area contributed by atoms with Gasteiger partial charge in [0, 0.05) is 12.0 Å². The summed E-state index contributed by atoms with van der Waals surface area (Å²) in [6, 6.07) is 0. The van der Waals surface area contributed by atoms with Crippen LogP contribution in [0.4, 0.5) is 0 Å². The van der Waals surface area contributed by atoms with E-state index in [0.29, 0.717) is 6.61 Å². The molecule has 0 fully saturated rings. The van der Waals surface area contributed by atoms with E-state index in [4.69, 9.17) is 0 Å². The molecular formula is C10H19NO. The number of aliphatic hydroxyl groups is 1. The molecule has 0 unspecified atom stereocenters. The van der Waals surface area contributed by atoms with E-state index in [-0.39, 0.29) is 5.41 Å². The quantitative estimate of drug-likeness (QED) is 0.643. The normalized spacial score (nSPS) is 29.7. The van der Waals surface area contributed by atoms with Gasteiger partial charge in [-0.1, -0.05) is 12.2 Å². The number of rotatable bonds is 3. The lowest BCUT2D eigenvalue weighted by Crippen LogP contribution is -2.37. The lowest BCUT2D eigenvalue weighted by Gasteiger charge is -2.35. The van der Waals surface area contributed by atoms with Gasteiger partial charge in [-0.3, -0.25) is 0 Å². The van der Waals surface area contributed by atoms with Gasteiger partial charge in [0.25, 0.3) is 0 Å². The maximum Gasteiger partial charge on any atom is 0.0502 e. The minimum Gasteiger partial charge on any atom is -0.396 e. The summed E-state index contributed by atoms with van der Waals surface area (Å²) >= 11 is 0. The second-order valence-corrected chi connectivity index (χ2v) is 4.11. The first kappa shape index (κ1) is 9.75. The van der Waals surface area contributed by atoms with Gasteiger partial charge in [0.1, 0.15) is 0 Å². The summed E-state index contributed by atoms with van der Waals surface area (Å²) in [6.07, 6.45) is 7.68. The summed E-state index contributed by atoms with van der Waals surface area (Å²) < 4.78 is 0. The van der Waals surface area contributed by atoms with Crippen LogP contribution in [0, 0.1) is 5.41 Å². The fourth-order valence-electron chi connectivity index (χ4n) is 1.95. The summed E-state index contributed by atoms with van der Waals surface area (Å²) in [5.41, 5.74) is 0.137. The standard InChI is InChI=1S/C10H19NO/c1-11(2)8-10(9-12)6-4-3-5-7-10/h3-4,12H,5-9H2,1-2H3/t10-/m0/s1. The molecule has 12 heavy (non-hydrogen) atoms. The molecule has 2 heteroatoms. The van der Waals surface area contributed by atoms with Crippen LogP contribution in [-0.4, -0.2) is 37.3 Å². The van der Waals surface area contributed by atoms with Crippen molar-refractivity contribution in [2.75, 3.05) is 27.2 Å². The Morgan fingerprint density at radius 2 is 2.17 bits per heavy atom. The molecule has 1 aliphatic rings. The molecule has 0 aromatic carbocycles. The van der Waals surface area contributed by atoms with E-state index in [9.17, 15) is 5.11 Å². The molecule has 1 atom stereocenters. The average molecular weight is 169 g/mol. The molecule has 0 spiro atoms. The van der Waals surface area contributed by atoms with Crippen molar-refractivity contribution in [3.05, 3.63) is 12.2 Å². The lowest BCUT2D eigenvalue weighted by atomic mass is 9.77. The molecule has 0 heterocycles. The molecule has 1 N–H and O–H groups in total. The van der Waals surface area contributed by atoms with Gasteiger partial charge < -0.3 is 10.0 Å². The highest BCUT2D eigenvalue weighted by molar-refractivity contribution is 4.98. The zero-order chi connectivity index (χ0) is 9.03. The third kappa shape index (κ3) is 2.32. The van der Waals surface area contributed by atoms with Crippen LogP contribution in [0.5, 0.6) is 0 Å². The van der Waals surface area contributed by atoms with Crippen molar-refractivity contribution in [1.82, 2.24) is 4.90 Å². The molecule has 0 aromatic rings. The van der Waals surface area contributed by atoms with Crippen molar-refractivity contribution in [3.63, 3.8) is 0 Å². The van der Waals surface area contributed by atoms with Crippen molar-refractivity contribution < 1.29 is 5.11 Å². The molecule has 1 aliphatic carbocycles. The highest BCUT2D eigenvalue weighted by atomic mass is 16.3. The van der Waals surface area contributed by atoms with Gasteiger partial charge in [0.2, 0.25) is 0 Å². The molecule has 0 aromatic heterocycles. The van der Waals surface area contributed by atoms with Crippen LogP contribution in [0.15, 0.2) is 12.2 Å². The highest BCUT2D eigenvalue weighted by Gasteiger charge is 2.29. The Morgan fingerprint density at radius 1 is 1.42 bits per heavy atom. The van der Waals surface area contributed by atoms with Crippen LogP contribution in [0.1, 0.15) is 19.3 Å². The number of hydrogen-bond acceptors (Lipinski definition) is 2. The van der Waals surface area contributed by atoms with Crippen molar-refractivity contribution in [3.8, 4) is 0 Å². The second-order valence-electron chi connectivity index (χ2n) is 4.11. The van der Waals surface area contributed by atoms with Crippen LogP contribution in [0.3, 0.4) is 0 Å². The van der Waals surface area contributed by atoms with Gasteiger partial charge in [-0.25, -0.2) is 0 Å². The van der Waals surface area contributed by atoms with E-state index in [1.807, 2.05) is 0 Å². The first-order valence-corrected chi connectivity index (χ1v) is 4.59. The Labute approximate surface area is 74.9 Å². The third-order valence-electron chi connectivity index (χ3n) is 2.55. The third-order valence-corrected chi connectivity index (χ3v) is 2.55. The fraction of sp³-hybridized carbons (Fsp3) is 0.800. The first-order chi connectivity index (χ1) is 5.68. The molecule has 0 aliphatic heterocycles. The van der Waals surface area contributed by atoms with Crippen LogP contribution < -0.4 is 0 Å². The summed E-state index contributed by atoms with van der Waals surface area (Å²) in [4.78, 5) is 2.16. The van der Waals surface area contributed by atoms with Gasteiger partial charge in [-0.05, 0) is 33.4 Å². The maximum absolute atomic E-state index is 9.33. The first-order valence-electron chi connectivity index (χ1n) is 4.59. The maximum atomic E-state index is 9.33. The van der Waals surface area contributed by atoms with Crippen molar-refractivity contribution in [1.29, 1.82) is 0 Å². The van der Waals surface area contributed by atoms with Crippen molar-refractivity contribution in [2.24, 2.45) is 5.41 Å². The van der Waals surface area contributed by atoms with Gasteiger partial charge in [-0.15, -0.1) is 0 Å². The molecule has 0 radical (unpaired) electrons. The molecule has 0 amide bonds. The van der Waals surface area contributed by atoms with E-state index in [2.05, 4.69) is 31.1 Å². The summed E-state index contributed by atoms with van der Waals surface area (Å²) in [6.45, 7) is 1.31. The topological polar surface area (TPSA) is 23.5 Å². The van der Waals surface area contributed by atoms with Gasteiger partial charge in [0.15, 0.2) is 0 Å². The van der Waals surface area contributed by atoms with Gasteiger partial charge in [-0.2, -0.15) is 0 Å². The summed E-state index contributed by atoms with van der Waals surface area (Å²) in [5, 5.41) is 9.33. The Hall–Kier alpha value is -0.340. The van der Waals surface area contributed by atoms with Gasteiger partial charge >= 0.3 is 0 Å². The smallest absolute Gasteiger partial charge is 0.0502 e. The zero-order valence-corrected chi connectivity index (χ0v) is 8.08. The van der Waals surface area contributed by atoms with E-state index < -0.39 is 0 Å². The van der Waals surface area contributed by atoms with Crippen molar-refractivity contribution in [2.45, 2.75) is 19.3 Å². The number of aliphatic hydroxyl groups excluding tert-OH is 1. The van der Waals surface area contributed by atoms with Crippen molar-refractivity contribution >= 4 is 0 Å². The van der Waals surface area contributed by atoms with Crippen LogP contribution in [0.25, 0.3) is 0 Å². The molecular weight excluding hydrogens is 150 g/mol. The Kier molecular flexibility index (Phi) is 3.29. The number of allylic oxidation sites excluding steroid dienone is 2. The SMILES string of the molecule is CN(C)C[C@]1(CO)CC=CCC1. The largest absolute Gasteiger partial charge is 0.396 e. The molecule has 0 saturated heterocycles. The molecule has 0 bridgehead atoms. The van der Waals surface area contributed by atoms with E-state index in [1.54, 1.807) is 0 Å². The fourth-order valence-corrected chi connectivity index (χ4v) is 1.95. The predicted molar refractivity (Wildman–Crippen MR) is 51.1 cm³/mol. The Bertz CT molecular complexity index is 165. The Morgan fingerprint density at radius 3 is 2.58 bits per heavy atom. The van der Waals surface area contributed by atoms with Crippen LogP contribution in [-0.2, 0) is 0 Å². The molecule has 0 saturated carbocycles. The average Bonchev–Trinajstić information content (AvgIpc) is 2.05. The van der Waals surface area contributed by atoms with Crippen LogP contribution >= 0.6 is 0 Å². The van der Waals surface area contributed by atoms with E-state index in [0.717, 1.165) is 25.8 Å². The predicted octanol–water partition coefficient (Wildman–Crippen LogP) is 1.27. The summed E-state index contributed by atoms with van der Waals surface area (Å²) in [5.74, 6) is 0. The molecule has 70 valence electrons. The monoisotopic (exact) mass is 169 g/mol. The van der Waals surface area contributed by atoms with E-state index >= 15 is 0 Å². The molecule has 2 nitrogen and oxygen atoms in total. The van der Waals surface area contributed by atoms with Gasteiger partial charge in [0.05, 0.1) is 6.61 Å². The number of hydrogen-bond donors (Lipinski definition) is 1.